The van der Waals surface area contributed by atoms with Crippen molar-refractivity contribution in [1.29, 1.82) is 0 Å². The highest BCUT2D eigenvalue weighted by Crippen LogP contribution is 2.33. The number of amides is 1. The summed E-state index contributed by atoms with van der Waals surface area (Å²) in [6, 6.07) is -0.302. The van der Waals surface area contributed by atoms with Gasteiger partial charge < -0.3 is 4.74 Å². The second-order valence-electron chi connectivity index (χ2n) is 5.58. The van der Waals surface area contributed by atoms with Gasteiger partial charge in [-0.15, -0.1) is 0 Å². The van der Waals surface area contributed by atoms with Crippen molar-refractivity contribution in [3.8, 4) is 0 Å². The van der Waals surface area contributed by atoms with Crippen LogP contribution in [0, 0.1) is 5.41 Å². The Morgan fingerprint density at radius 3 is 2.90 bits per heavy atom. The molecular formula is C15H21FN2O3. The van der Waals surface area contributed by atoms with Crippen molar-refractivity contribution in [2.24, 2.45) is 10.4 Å². The van der Waals surface area contributed by atoms with Crippen LogP contribution in [0.1, 0.15) is 26.7 Å². The number of hydrogen-bond donors (Lipinski definition) is 0. The van der Waals surface area contributed by atoms with Gasteiger partial charge in [0.25, 0.3) is 5.91 Å². The molecule has 0 spiro atoms. The van der Waals surface area contributed by atoms with Crippen LogP contribution in [0.25, 0.3) is 0 Å². The molecular weight excluding hydrogens is 275 g/mol. The van der Waals surface area contributed by atoms with E-state index in [1.54, 1.807) is 6.92 Å². The van der Waals surface area contributed by atoms with Crippen molar-refractivity contribution >= 4 is 12.1 Å². The molecule has 2 aliphatic heterocycles. The van der Waals surface area contributed by atoms with Gasteiger partial charge in [0.2, 0.25) is 5.95 Å². The Kier molecular flexibility index (Phi) is 4.90. The summed E-state index contributed by atoms with van der Waals surface area (Å²) in [4.78, 5) is 21.7. The lowest BCUT2D eigenvalue weighted by Gasteiger charge is -2.30. The van der Waals surface area contributed by atoms with Crippen LogP contribution in [0.5, 0.6) is 0 Å². The Labute approximate surface area is 124 Å². The van der Waals surface area contributed by atoms with E-state index in [1.807, 2.05) is 6.92 Å². The number of nitrogens with zero attached hydrogens (tertiary/aromatic N) is 2. The average Bonchev–Trinajstić information content (AvgIpc) is 3.13. The molecule has 0 aromatic rings. The predicted molar refractivity (Wildman–Crippen MR) is 77.2 cm³/mol. The van der Waals surface area contributed by atoms with Crippen molar-refractivity contribution in [3.05, 3.63) is 24.2 Å². The van der Waals surface area contributed by atoms with Gasteiger partial charge >= 0.3 is 0 Å². The highest BCUT2D eigenvalue weighted by molar-refractivity contribution is 5.86. The first-order chi connectivity index (χ1) is 9.98. The number of rotatable bonds is 4. The number of ether oxygens (including phenoxy) is 1. The molecule has 2 fully saturated rings. The summed E-state index contributed by atoms with van der Waals surface area (Å²) >= 11 is 0. The van der Waals surface area contributed by atoms with Gasteiger partial charge in [-0.25, -0.2) is 10.1 Å². The molecule has 6 heteroatoms. The molecule has 2 rings (SSSR count). The maximum Gasteiger partial charge on any atom is 0.255 e. The lowest BCUT2D eigenvalue weighted by molar-refractivity contribution is -0.184. The summed E-state index contributed by atoms with van der Waals surface area (Å²) < 4.78 is 18.4. The quantitative estimate of drug-likeness (QED) is 0.591. The fourth-order valence-electron chi connectivity index (χ4n) is 2.41. The van der Waals surface area contributed by atoms with Crippen LogP contribution in [0.3, 0.4) is 0 Å². The molecule has 0 N–H and O–H groups in total. The lowest BCUT2D eigenvalue weighted by atomic mass is 9.88. The van der Waals surface area contributed by atoms with Crippen LogP contribution < -0.4 is 0 Å². The molecule has 0 bridgehead atoms. The van der Waals surface area contributed by atoms with Crippen LogP contribution in [0.2, 0.25) is 0 Å². The van der Waals surface area contributed by atoms with Crippen molar-refractivity contribution in [2.45, 2.75) is 32.7 Å². The summed E-state index contributed by atoms with van der Waals surface area (Å²) in [7, 11) is 0. The van der Waals surface area contributed by atoms with E-state index in [4.69, 9.17) is 9.57 Å². The number of allylic oxidation sites excluding steroid dienone is 1. The third kappa shape index (κ3) is 3.39. The van der Waals surface area contributed by atoms with E-state index in [0.717, 1.165) is 0 Å². The minimum absolute atomic E-state index is 0.108. The molecule has 2 atom stereocenters. The fraction of sp³-hybridized carbons (Fsp3) is 0.600. The summed E-state index contributed by atoms with van der Waals surface area (Å²) in [5, 5.41) is 1.36. The van der Waals surface area contributed by atoms with Gasteiger partial charge in [-0.3, -0.25) is 9.63 Å². The maximum absolute atomic E-state index is 13.0. The van der Waals surface area contributed by atoms with Gasteiger partial charge in [0.05, 0.1) is 24.7 Å². The molecule has 0 radical (unpaired) electrons. The van der Waals surface area contributed by atoms with E-state index >= 15 is 0 Å². The summed E-state index contributed by atoms with van der Waals surface area (Å²) in [5.74, 6) is -0.687. The van der Waals surface area contributed by atoms with E-state index in [1.165, 1.54) is 17.4 Å². The van der Waals surface area contributed by atoms with Crippen molar-refractivity contribution < 1.29 is 18.8 Å². The maximum atomic E-state index is 13.0. The molecule has 0 aromatic carbocycles. The largest absolute Gasteiger partial charge is 0.380 e. The molecule has 1 amide bonds. The smallest absolute Gasteiger partial charge is 0.255 e. The number of carbonyl (C=O) groups excluding carboxylic acids is 1. The Morgan fingerprint density at radius 2 is 2.29 bits per heavy atom. The fourth-order valence-corrected chi connectivity index (χ4v) is 2.41. The third-order valence-electron chi connectivity index (χ3n) is 3.86. The van der Waals surface area contributed by atoms with E-state index < -0.39 is 11.4 Å². The molecule has 0 aliphatic carbocycles. The van der Waals surface area contributed by atoms with Crippen LogP contribution in [0.15, 0.2) is 29.2 Å². The second kappa shape index (κ2) is 6.49. The first-order valence-corrected chi connectivity index (χ1v) is 7.07. The highest BCUT2D eigenvalue weighted by Gasteiger charge is 2.45. The topological polar surface area (TPSA) is 51.1 Å². The van der Waals surface area contributed by atoms with Crippen molar-refractivity contribution in [1.82, 2.24) is 5.06 Å². The van der Waals surface area contributed by atoms with Gasteiger partial charge in [0.1, 0.15) is 0 Å². The van der Waals surface area contributed by atoms with Gasteiger partial charge in [-0.05, 0) is 31.9 Å². The van der Waals surface area contributed by atoms with Crippen LogP contribution in [-0.2, 0) is 14.4 Å². The van der Waals surface area contributed by atoms with Crippen molar-refractivity contribution in [2.75, 3.05) is 19.8 Å². The Bertz CT molecular complexity index is 481. The summed E-state index contributed by atoms with van der Waals surface area (Å²) in [6.45, 7) is 8.72. The van der Waals surface area contributed by atoms with E-state index in [9.17, 15) is 9.18 Å². The zero-order chi connectivity index (χ0) is 15.5. The molecule has 5 nitrogen and oxygen atoms in total. The summed E-state index contributed by atoms with van der Waals surface area (Å²) in [6.07, 6.45) is 3.91. The monoisotopic (exact) mass is 296 g/mol. The molecule has 116 valence electrons. The lowest BCUT2D eigenvalue weighted by Crippen LogP contribution is -2.45. The first-order valence-electron chi connectivity index (χ1n) is 7.07. The van der Waals surface area contributed by atoms with Crippen molar-refractivity contribution in [3.63, 3.8) is 0 Å². The Balaban J connectivity index is 2.08. The number of halogens is 1. The molecule has 0 unspecified atom stereocenters. The molecule has 0 saturated carbocycles. The minimum atomic E-state index is -0.580. The standard InChI is InChI=1S/C15H21FN2O3/c1-4-13(16)17-9-11(2)12-5-7-21-18(12)14(19)15(3)6-8-20-10-15/h4,9,12H,2,5-8,10H2,1,3H3/b13-4-,17-9?/t12-,15-/m0/s1. The van der Waals surface area contributed by atoms with Crippen LogP contribution in [-0.4, -0.2) is 43.0 Å². The Hall–Kier alpha value is -1.53. The highest BCUT2D eigenvalue weighted by atomic mass is 19.1. The van der Waals surface area contributed by atoms with E-state index in [0.29, 0.717) is 38.2 Å². The number of hydroxylamine groups is 2. The molecule has 2 saturated heterocycles. The predicted octanol–water partition coefficient (Wildman–Crippen LogP) is 2.40. The number of hydrogen-bond acceptors (Lipinski definition) is 4. The van der Waals surface area contributed by atoms with E-state index in [-0.39, 0.29) is 11.9 Å². The normalized spacial score (nSPS) is 30.3. The van der Waals surface area contributed by atoms with Gasteiger partial charge in [-0.1, -0.05) is 6.58 Å². The van der Waals surface area contributed by atoms with E-state index in [2.05, 4.69) is 11.6 Å². The third-order valence-corrected chi connectivity index (χ3v) is 3.86. The Morgan fingerprint density at radius 1 is 1.52 bits per heavy atom. The van der Waals surface area contributed by atoms with Crippen LogP contribution >= 0.6 is 0 Å². The van der Waals surface area contributed by atoms with Gasteiger partial charge in [0, 0.05) is 19.2 Å². The molecule has 2 aliphatic rings. The zero-order valence-corrected chi connectivity index (χ0v) is 12.5. The minimum Gasteiger partial charge on any atom is -0.380 e. The van der Waals surface area contributed by atoms with Gasteiger partial charge in [-0.2, -0.15) is 4.39 Å². The molecule has 21 heavy (non-hydrogen) atoms. The number of aliphatic imine (C=N–C) groups is 1. The molecule has 0 aromatic heterocycles. The SMILES string of the molecule is C=C(C=N/C(F)=C\C)[C@@H]1CCON1C(=O)[C@@]1(C)CCOC1. The second-order valence-corrected chi connectivity index (χ2v) is 5.58. The number of carbonyl (C=O) groups is 1. The summed E-state index contributed by atoms with van der Waals surface area (Å²) in [5.41, 5.74) is -0.00503. The first kappa shape index (κ1) is 15.9. The van der Waals surface area contributed by atoms with Gasteiger partial charge in [0.15, 0.2) is 0 Å². The average molecular weight is 296 g/mol. The molecule has 2 heterocycles. The van der Waals surface area contributed by atoms with Crippen LogP contribution in [0.4, 0.5) is 4.39 Å². The zero-order valence-electron chi connectivity index (χ0n) is 12.5.